The quantitative estimate of drug-likeness (QED) is 0.861. The largest absolute Gasteiger partial charge is 0.494 e. The van der Waals surface area contributed by atoms with Gasteiger partial charge < -0.3 is 15.0 Å². The van der Waals surface area contributed by atoms with E-state index < -0.39 is 0 Å². The van der Waals surface area contributed by atoms with Gasteiger partial charge in [-0.15, -0.1) is 0 Å². The number of hydrogen-bond donors (Lipinski definition) is 1. The molecule has 1 unspecified atom stereocenters. The molecule has 1 aromatic rings. The summed E-state index contributed by atoms with van der Waals surface area (Å²) in [6.45, 7) is 6.19. The zero-order valence-electron chi connectivity index (χ0n) is 11.5. The number of benzene rings is 1. The van der Waals surface area contributed by atoms with E-state index in [2.05, 4.69) is 41.5 Å². The first-order valence-corrected chi connectivity index (χ1v) is 6.91. The minimum atomic E-state index is 0.635. The van der Waals surface area contributed by atoms with Crippen molar-refractivity contribution >= 4 is 0 Å². The molecule has 18 heavy (non-hydrogen) atoms. The number of nitrogens with zero attached hydrogens (tertiary/aromatic N) is 1. The Hall–Kier alpha value is -1.06. The third-order valence-electron chi connectivity index (χ3n) is 3.47. The molecular weight excluding hydrogens is 224 g/mol. The van der Waals surface area contributed by atoms with Crippen molar-refractivity contribution in [3.05, 3.63) is 29.8 Å². The minimum absolute atomic E-state index is 0.635. The Labute approximate surface area is 110 Å². The molecule has 1 aliphatic rings. The molecule has 1 heterocycles. The van der Waals surface area contributed by atoms with Crippen molar-refractivity contribution < 1.29 is 4.74 Å². The Morgan fingerprint density at radius 2 is 2.11 bits per heavy atom. The maximum atomic E-state index is 5.45. The SMILES string of the molecule is CCOc1ccc(CCC2CN(C)CCN2)cc1. The number of hydrogen-bond acceptors (Lipinski definition) is 3. The molecule has 1 fully saturated rings. The second-order valence-electron chi connectivity index (χ2n) is 5.03. The van der Waals surface area contributed by atoms with Crippen molar-refractivity contribution in [2.75, 3.05) is 33.3 Å². The molecule has 0 bridgehead atoms. The standard InChI is InChI=1S/C15H24N2O/c1-3-18-15-8-5-13(6-9-15)4-7-14-12-17(2)11-10-16-14/h5-6,8-9,14,16H,3-4,7,10-12H2,1-2H3. The van der Waals surface area contributed by atoms with Gasteiger partial charge in [0.05, 0.1) is 6.61 Å². The molecule has 3 heteroatoms. The van der Waals surface area contributed by atoms with Gasteiger partial charge in [-0.1, -0.05) is 12.1 Å². The van der Waals surface area contributed by atoms with E-state index in [0.29, 0.717) is 6.04 Å². The minimum Gasteiger partial charge on any atom is -0.494 e. The molecule has 0 aromatic heterocycles. The molecule has 1 saturated heterocycles. The summed E-state index contributed by atoms with van der Waals surface area (Å²) >= 11 is 0. The van der Waals surface area contributed by atoms with Gasteiger partial charge in [-0.05, 0) is 44.5 Å². The number of piperazine rings is 1. The molecule has 0 spiro atoms. The summed E-state index contributed by atoms with van der Waals surface area (Å²) in [7, 11) is 2.20. The summed E-state index contributed by atoms with van der Waals surface area (Å²) in [5.41, 5.74) is 1.40. The van der Waals surface area contributed by atoms with E-state index in [9.17, 15) is 0 Å². The second kappa shape index (κ2) is 6.76. The fourth-order valence-corrected chi connectivity index (χ4v) is 2.44. The number of nitrogens with one attached hydrogen (secondary N) is 1. The topological polar surface area (TPSA) is 24.5 Å². The lowest BCUT2D eigenvalue weighted by Crippen LogP contribution is -2.49. The van der Waals surface area contributed by atoms with Gasteiger partial charge in [0, 0.05) is 25.7 Å². The molecule has 3 nitrogen and oxygen atoms in total. The summed E-state index contributed by atoms with van der Waals surface area (Å²) in [4.78, 5) is 2.40. The molecule has 1 atom stereocenters. The van der Waals surface area contributed by atoms with Gasteiger partial charge in [0.1, 0.15) is 5.75 Å². The predicted octanol–water partition coefficient (Wildman–Crippen LogP) is 1.92. The van der Waals surface area contributed by atoms with E-state index in [4.69, 9.17) is 4.74 Å². The third kappa shape index (κ3) is 4.00. The molecule has 0 radical (unpaired) electrons. The fourth-order valence-electron chi connectivity index (χ4n) is 2.44. The zero-order chi connectivity index (χ0) is 12.8. The Morgan fingerprint density at radius 1 is 1.33 bits per heavy atom. The number of rotatable bonds is 5. The highest BCUT2D eigenvalue weighted by Crippen LogP contribution is 2.14. The van der Waals surface area contributed by atoms with Crippen molar-refractivity contribution in [2.24, 2.45) is 0 Å². The van der Waals surface area contributed by atoms with Crippen LogP contribution in [-0.2, 0) is 6.42 Å². The van der Waals surface area contributed by atoms with Gasteiger partial charge in [0.25, 0.3) is 0 Å². The van der Waals surface area contributed by atoms with Crippen molar-refractivity contribution in [1.29, 1.82) is 0 Å². The lowest BCUT2D eigenvalue weighted by molar-refractivity contribution is 0.232. The molecule has 2 rings (SSSR count). The van der Waals surface area contributed by atoms with Crippen LogP contribution in [0.5, 0.6) is 5.75 Å². The summed E-state index contributed by atoms with van der Waals surface area (Å²) in [5.74, 6) is 0.969. The van der Waals surface area contributed by atoms with Crippen molar-refractivity contribution in [3.8, 4) is 5.75 Å². The van der Waals surface area contributed by atoms with E-state index >= 15 is 0 Å². The molecule has 1 aromatic carbocycles. The van der Waals surface area contributed by atoms with Gasteiger partial charge in [0.2, 0.25) is 0 Å². The number of likely N-dealkylation sites (N-methyl/N-ethyl adjacent to an activating group) is 1. The van der Waals surface area contributed by atoms with Crippen molar-refractivity contribution in [2.45, 2.75) is 25.8 Å². The summed E-state index contributed by atoms with van der Waals surface area (Å²) in [6.07, 6.45) is 2.34. The molecule has 1 N–H and O–H groups in total. The van der Waals surface area contributed by atoms with Crippen LogP contribution in [0.2, 0.25) is 0 Å². The predicted molar refractivity (Wildman–Crippen MR) is 75.2 cm³/mol. The molecule has 0 saturated carbocycles. The third-order valence-corrected chi connectivity index (χ3v) is 3.47. The normalized spacial score (nSPS) is 20.9. The Balaban J connectivity index is 1.78. The van der Waals surface area contributed by atoms with Gasteiger partial charge in [-0.25, -0.2) is 0 Å². The first-order chi connectivity index (χ1) is 8.78. The zero-order valence-corrected chi connectivity index (χ0v) is 11.5. The first kappa shape index (κ1) is 13.4. The monoisotopic (exact) mass is 248 g/mol. The van der Waals surface area contributed by atoms with E-state index in [-0.39, 0.29) is 0 Å². The molecule has 100 valence electrons. The van der Waals surface area contributed by atoms with Gasteiger partial charge >= 0.3 is 0 Å². The van der Waals surface area contributed by atoms with Crippen LogP contribution >= 0.6 is 0 Å². The Morgan fingerprint density at radius 3 is 2.78 bits per heavy atom. The fraction of sp³-hybridized carbons (Fsp3) is 0.600. The van der Waals surface area contributed by atoms with Crippen LogP contribution in [0.15, 0.2) is 24.3 Å². The summed E-state index contributed by atoms with van der Waals surface area (Å²) < 4.78 is 5.45. The van der Waals surface area contributed by atoms with Gasteiger partial charge in [-0.2, -0.15) is 0 Å². The van der Waals surface area contributed by atoms with E-state index in [1.807, 2.05) is 6.92 Å². The lowest BCUT2D eigenvalue weighted by atomic mass is 10.0. The second-order valence-corrected chi connectivity index (χ2v) is 5.03. The van der Waals surface area contributed by atoms with Crippen LogP contribution in [-0.4, -0.2) is 44.2 Å². The Kier molecular flexibility index (Phi) is 5.02. The summed E-state index contributed by atoms with van der Waals surface area (Å²) in [6, 6.07) is 9.13. The molecule has 1 aliphatic heterocycles. The van der Waals surface area contributed by atoms with Gasteiger partial charge in [-0.3, -0.25) is 0 Å². The van der Waals surface area contributed by atoms with Crippen LogP contribution in [0.4, 0.5) is 0 Å². The van der Waals surface area contributed by atoms with Crippen molar-refractivity contribution in [1.82, 2.24) is 10.2 Å². The highest BCUT2D eigenvalue weighted by atomic mass is 16.5. The van der Waals surface area contributed by atoms with Crippen LogP contribution < -0.4 is 10.1 Å². The molecule has 0 amide bonds. The molecular formula is C15H24N2O. The smallest absolute Gasteiger partial charge is 0.119 e. The average molecular weight is 248 g/mol. The van der Waals surface area contributed by atoms with Crippen LogP contribution in [0.1, 0.15) is 18.9 Å². The molecule has 0 aliphatic carbocycles. The summed E-state index contributed by atoms with van der Waals surface area (Å²) in [5, 5.41) is 3.59. The van der Waals surface area contributed by atoms with Gasteiger partial charge in [0.15, 0.2) is 0 Å². The highest BCUT2D eigenvalue weighted by Gasteiger charge is 2.15. The van der Waals surface area contributed by atoms with E-state index in [0.717, 1.165) is 31.9 Å². The Bertz CT molecular complexity index is 350. The van der Waals surface area contributed by atoms with Crippen LogP contribution in [0, 0.1) is 0 Å². The number of aryl methyl sites for hydroxylation is 1. The van der Waals surface area contributed by atoms with Crippen LogP contribution in [0.3, 0.4) is 0 Å². The maximum absolute atomic E-state index is 5.45. The lowest BCUT2D eigenvalue weighted by Gasteiger charge is -2.30. The highest BCUT2D eigenvalue weighted by molar-refractivity contribution is 5.27. The number of ether oxygens (including phenoxy) is 1. The average Bonchev–Trinajstić information content (AvgIpc) is 2.38. The first-order valence-electron chi connectivity index (χ1n) is 6.91. The van der Waals surface area contributed by atoms with Crippen molar-refractivity contribution in [3.63, 3.8) is 0 Å². The van der Waals surface area contributed by atoms with E-state index in [1.165, 1.54) is 18.5 Å². The van der Waals surface area contributed by atoms with Crippen LogP contribution in [0.25, 0.3) is 0 Å². The van der Waals surface area contributed by atoms with E-state index in [1.54, 1.807) is 0 Å². The maximum Gasteiger partial charge on any atom is 0.119 e.